The largest absolute Gasteiger partial charge is 0.356 e. The van der Waals surface area contributed by atoms with E-state index in [-0.39, 0.29) is 5.91 Å². The number of carbonyl (C=O) groups excluding carboxylic acids is 1. The highest BCUT2D eigenvalue weighted by Gasteiger charge is 2.17. The molecule has 0 bridgehead atoms. The minimum Gasteiger partial charge on any atom is -0.356 e. The van der Waals surface area contributed by atoms with Crippen LogP contribution in [0.25, 0.3) is 11.3 Å². The summed E-state index contributed by atoms with van der Waals surface area (Å²) in [6.07, 6.45) is 2.74. The van der Waals surface area contributed by atoms with Crippen LogP contribution in [0.2, 0.25) is 0 Å². The van der Waals surface area contributed by atoms with Crippen molar-refractivity contribution in [3.8, 4) is 11.3 Å². The Morgan fingerprint density at radius 1 is 1.15 bits per heavy atom. The second-order valence-electron chi connectivity index (χ2n) is 6.70. The van der Waals surface area contributed by atoms with E-state index >= 15 is 0 Å². The van der Waals surface area contributed by atoms with Gasteiger partial charge in [0, 0.05) is 24.7 Å². The van der Waals surface area contributed by atoms with E-state index in [1.807, 2.05) is 52.0 Å². The summed E-state index contributed by atoms with van der Waals surface area (Å²) in [4.78, 5) is 21.1. The minimum atomic E-state index is 0.00307. The smallest absolute Gasteiger partial charge is 0.224 e. The molecule has 0 radical (unpaired) electrons. The highest BCUT2D eigenvalue weighted by atomic mass is 16.5. The normalized spacial score (nSPS) is 10.8. The van der Waals surface area contributed by atoms with Crippen LogP contribution in [-0.4, -0.2) is 27.6 Å². The average molecular weight is 364 g/mol. The van der Waals surface area contributed by atoms with Gasteiger partial charge in [0.2, 0.25) is 5.91 Å². The van der Waals surface area contributed by atoms with Crippen molar-refractivity contribution in [2.75, 3.05) is 6.54 Å². The molecule has 0 saturated carbocycles. The molecular weight excluding hydrogens is 340 g/mol. The summed E-state index contributed by atoms with van der Waals surface area (Å²) in [6.45, 7) is 8.24. The van der Waals surface area contributed by atoms with Gasteiger partial charge in [-0.05, 0) is 38.8 Å². The van der Waals surface area contributed by atoms with Gasteiger partial charge in [-0.3, -0.25) is 4.79 Å². The summed E-state index contributed by atoms with van der Waals surface area (Å²) in [5.41, 5.74) is 5.67. The molecule has 1 amide bonds. The monoisotopic (exact) mass is 364 g/mol. The maximum atomic E-state index is 12.3. The number of rotatable bonds is 6. The summed E-state index contributed by atoms with van der Waals surface area (Å²) in [6, 6.07) is 7.92. The molecule has 2 aromatic heterocycles. The van der Waals surface area contributed by atoms with Gasteiger partial charge in [-0.1, -0.05) is 29.4 Å². The van der Waals surface area contributed by atoms with Crippen molar-refractivity contribution in [3.63, 3.8) is 0 Å². The Balaban J connectivity index is 1.67. The van der Waals surface area contributed by atoms with E-state index < -0.39 is 0 Å². The number of hydrogen-bond acceptors (Lipinski definition) is 5. The fourth-order valence-corrected chi connectivity index (χ4v) is 2.93. The first-order valence-electron chi connectivity index (χ1n) is 9.02. The van der Waals surface area contributed by atoms with E-state index in [4.69, 9.17) is 4.52 Å². The molecule has 6 nitrogen and oxygen atoms in total. The lowest BCUT2D eigenvalue weighted by molar-refractivity contribution is -0.120. The second kappa shape index (κ2) is 8.12. The van der Waals surface area contributed by atoms with Crippen LogP contribution in [0.1, 0.15) is 33.9 Å². The molecule has 0 aliphatic heterocycles. The number of carbonyl (C=O) groups is 1. The fourth-order valence-electron chi connectivity index (χ4n) is 2.93. The Kier molecular flexibility index (Phi) is 5.64. The summed E-state index contributed by atoms with van der Waals surface area (Å²) in [5.74, 6) is 1.38. The van der Waals surface area contributed by atoms with Crippen LogP contribution in [0.4, 0.5) is 0 Å². The minimum absolute atomic E-state index is 0.00307. The fraction of sp³-hybridized carbons (Fsp3) is 0.333. The van der Waals surface area contributed by atoms with Crippen molar-refractivity contribution >= 4 is 5.91 Å². The van der Waals surface area contributed by atoms with E-state index in [0.717, 1.165) is 33.6 Å². The molecule has 27 heavy (non-hydrogen) atoms. The van der Waals surface area contributed by atoms with E-state index in [1.54, 1.807) is 6.20 Å². The molecule has 6 heteroatoms. The van der Waals surface area contributed by atoms with Gasteiger partial charge in [-0.15, -0.1) is 0 Å². The molecular formula is C21H24N4O2. The molecule has 0 spiro atoms. The van der Waals surface area contributed by atoms with Crippen molar-refractivity contribution in [2.24, 2.45) is 0 Å². The number of benzene rings is 1. The second-order valence-corrected chi connectivity index (χ2v) is 6.70. The highest BCUT2D eigenvalue weighted by molar-refractivity contribution is 5.79. The summed E-state index contributed by atoms with van der Waals surface area (Å²) in [7, 11) is 0. The quantitative estimate of drug-likeness (QED) is 0.726. The topological polar surface area (TPSA) is 80.9 Å². The van der Waals surface area contributed by atoms with E-state index in [1.165, 1.54) is 0 Å². The van der Waals surface area contributed by atoms with Crippen molar-refractivity contribution in [2.45, 2.75) is 40.5 Å². The number of nitrogens with zero attached hydrogens (tertiary/aromatic N) is 3. The van der Waals surface area contributed by atoms with E-state index in [9.17, 15) is 4.79 Å². The molecule has 0 fully saturated rings. The predicted molar refractivity (Wildman–Crippen MR) is 103 cm³/mol. The first-order chi connectivity index (χ1) is 13.0. The zero-order chi connectivity index (χ0) is 19.4. The van der Waals surface area contributed by atoms with Gasteiger partial charge in [0.05, 0.1) is 23.4 Å². The van der Waals surface area contributed by atoms with Crippen molar-refractivity contribution in [3.05, 3.63) is 64.4 Å². The molecule has 0 unspecified atom stereocenters. The van der Waals surface area contributed by atoms with Gasteiger partial charge >= 0.3 is 0 Å². The zero-order valence-corrected chi connectivity index (χ0v) is 16.2. The van der Waals surface area contributed by atoms with Crippen LogP contribution in [0, 0.1) is 27.7 Å². The van der Waals surface area contributed by atoms with Crippen molar-refractivity contribution in [1.82, 2.24) is 20.4 Å². The molecule has 1 N–H and O–H groups in total. The Labute approximate surface area is 159 Å². The maximum absolute atomic E-state index is 12.3. The molecule has 140 valence electrons. The lowest BCUT2D eigenvalue weighted by atomic mass is 10.1. The lowest BCUT2D eigenvalue weighted by Gasteiger charge is -2.10. The summed E-state index contributed by atoms with van der Waals surface area (Å²) < 4.78 is 5.46. The molecule has 0 saturated heterocycles. The van der Waals surface area contributed by atoms with Crippen LogP contribution in [-0.2, 0) is 17.6 Å². The number of aromatic nitrogens is 3. The van der Waals surface area contributed by atoms with Crippen LogP contribution >= 0.6 is 0 Å². The predicted octanol–water partition coefficient (Wildman–Crippen LogP) is 3.27. The van der Waals surface area contributed by atoms with Gasteiger partial charge in [0.25, 0.3) is 0 Å². The summed E-state index contributed by atoms with van der Waals surface area (Å²) in [5, 5.41) is 7.00. The number of amides is 1. The average Bonchev–Trinajstić information content (AvgIpc) is 2.96. The number of nitrogens with one attached hydrogen (secondary N) is 1. The van der Waals surface area contributed by atoms with Crippen LogP contribution in [0.3, 0.4) is 0 Å². The van der Waals surface area contributed by atoms with E-state index in [2.05, 4.69) is 20.4 Å². The van der Waals surface area contributed by atoms with Crippen LogP contribution in [0.5, 0.6) is 0 Å². The van der Waals surface area contributed by atoms with Gasteiger partial charge in [0.1, 0.15) is 5.82 Å². The Morgan fingerprint density at radius 3 is 2.63 bits per heavy atom. The van der Waals surface area contributed by atoms with Gasteiger partial charge < -0.3 is 9.84 Å². The van der Waals surface area contributed by atoms with Crippen molar-refractivity contribution in [1.29, 1.82) is 0 Å². The molecule has 3 rings (SSSR count). The third kappa shape index (κ3) is 4.39. The molecule has 1 aromatic carbocycles. The van der Waals surface area contributed by atoms with Crippen molar-refractivity contribution < 1.29 is 9.32 Å². The van der Waals surface area contributed by atoms with E-state index in [0.29, 0.717) is 31.0 Å². The highest BCUT2D eigenvalue weighted by Crippen LogP contribution is 2.27. The van der Waals surface area contributed by atoms with Gasteiger partial charge in [0.15, 0.2) is 5.76 Å². The Morgan fingerprint density at radius 2 is 1.93 bits per heavy atom. The van der Waals surface area contributed by atoms with Gasteiger partial charge in [-0.25, -0.2) is 9.97 Å². The van der Waals surface area contributed by atoms with Crippen LogP contribution in [0.15, 0.2) is 35.0 Å². The lowest BCUT2D eigenvalue weighted by Crippen LogP contribution is -2.27. The zero-order valence-electron chi connectivity index (χ0n) is 16.2. The van der Waals surface area contributed by atoms with Crippen LogP contribution < -0.4 is 5.32 Å². The molecule has 0 aliphatic carbocycles. The Hall–Kier alpha value is -3.02. The molecule has 0 atom stereocenters. The van der Waals surface area contributed by atoms with Gasteiger partial charge in [-0.2, -0.15) is 0 Å². The maximum Gasteiger partial charge on any atom is 0.224 e. The molecule has 0 aliphatic rings. The first kappa shape index (κ1) is 18.8. The molecule has 2 heterocycles. The summed E-state index contributed by atoms with van der Waals surface area (Å²) >= 11 is 0. The third-order valence-corrected chi connectivity index (χ3v) is 4.69. The Bertz CT molecular complexity index is 963. The third-order valence-electron chi connectivity index (χ3n) is 4.69. The standard InChI is InChI=1S/C21H24N4O2/c1-13-7-5-6-8-17(13)11-20(26)22-10-9-19-18(12-23-16(4)24-19)21-14(2)15(3)25-27-21/h5-8,12H,9-11H2,1-4H3,(H,22,26). The molecule has 3 aromatic rings. The first-order valence-corrected chi connectivity index (χ1v) is 9.02. The number of aryl methyl sites for hydroxylation is 3. The number of hydrogen-bond donors (Lipinski definition) is 1. The SMILES string of the molecule is Cc1ncc(-c2onc(C)c2C)c(CCNC(=O)Cc2ccccc2C)n1.